The number of aryl methyl sites for hydroxylation is 1. The molecule has 0 saturated carbocycles. The lowest BCUT2D eigenvalue weighted by Gasteiger charge is -2.10. The highest BCUT2D eigenvalue weighted by Crippen LogP contribution is 2.21. The molecule has 1 aromatic rings. The first-order chi connectivity index (χ1) is 8.40. The average molecular weight is 240 g/mol. The van der Waals surface area contributed by atoms with E-state index in [1.807, 2.05) is 0 Å². The van der Waals surface area contributed by atoms with Gasteiger partial charge in [0.15, 0.2) is 0 Å². The molecular formula is C18H24. The molecule has 0 atom stereocenters. The summed E-state index contributed by atoms with van der Waals surface area (Å²) in [4.78, 5) is 0. The molecule has 0 bridgehead atoms. The number of hydrogen-bond donors (Lipinski definition) is 0. The van der Waals surface area contributed by atoms with Crippen LogP contribution in [0.4, 0.5) is 0 Å². The lowest BCUT2D eigenvalue weighted by atomic mass is 9.95. The van der Waals surface area contributed by atoms with Crippen molar-refractivity contribution in [2.75, 3.05) is 0 Å². The van der Waals surface area contributed by atoms with E-state index in [1.165, 1.54) is 27.8 Å². The van der Waals surface area contributed by atoms with E-state index in [0.29, 0.717) is 0 Å². The van der Waals surface area contributed by atoms with Crippen LogP contribution in [0.5, 0.6) is 0 Å². The predicted molar refractivity (Wildman–Crippen MR) is 82.8 cm³/mol. The van der Waals surface area contributed by atoms with Crippen LogP contribution in [0.15, 0.2) is 49.1 Å². The number of allylic oxidation sites excluding steroid dienone is 3. The van der Waals surface area contributed by atoms with Gasteiger partial charge in [0.05, 0.1) is 0 Å². The first kappa shape index (κ1) is 14.5. The maximum atomic E-state index is 4.16. The number of benzene rings is 1. The van der Waals surface area contributed by atoms with E-state index in [4.69, 9.17) is 0 Å². The fourth-order valence-corrected chi connectivity index (χ4v) is 2.01. The first-order valence-electron chi connectivity index (χ1n) is 6.46. The maximum absolute atomic E-state index is 4.16. The molecule has 0 N–H and O–H groups in total. The molecule has 1 rings (SSSR count). The Bertz CT molecular complexity index is 475. The van der Waals surface area contributed by atoms with Crippen LogP contribution in [0.1, 0.15) is 43.4 Å². The molecule has 0 heteroatoms. The maximum Gasteiger partial charge on any atom is -0.00695 e. The van der Waals surface area contributed by atoms with Crippen LogP contribution >= 0.6 is 0 Å². The van der Waals surface area contributed by atoms with Crippen molar-refractivity contribution in [2.45, 2.75) is 40.0 Å². The molecule has 0 radical (unpaired) electrons. The first-order valence-corrected chi connectivity index (χ1v) is 6.46. The van der Waals surface area contributed by atoms with Gasteiger partial charge in [-0.05, 0) is 56.7 Å². The fourth-order valence-electron chi connectivity index (χ4n) is 2.01. The highest BCUT2D eigenvalue weighted by molar-refractivity contribution is 5.65. The fraction of sp³-hybridized carbons (Fsp3) is 0.333. The smallest absolute Gasteiger partial charge is 0.00695 e. The summed E-state index contributed by atoms with van der Waals surface area (Å²) in [7, 11) is 0. The molecule has 0 aliphatic rings. The molecule has 0 spiro atoms. The molecule has 0 nitrogen and oxygen atoms in total. The van der Waals surface area contributed by atoms with Crippen molar-refractivity contribution in [2.24, 2.45) is 0 Å². The summed E-state index contributed by atoms with van der Waals surface area (Å²) in [6, 6.07) is 6.60. The average Bonchev–Trinajstić information content (AvgIpc) is 2.28. The van der Waals surface area contributed by atoms with Crippen molar-refractivity contribution >= 4 is 5.57 Å². The Morgan fingerprint density at radius 1 is 1.06 bits per heavy atom. The summed E-state index contributed by atoms with van der Waals surface area (Å²) in [6.07, 6.45) is 3.03. The normalized spacial score (nSPS) is 10.2. The Hall–Kier alpha value is -1.56. The van der Waals surface area contributed by atoms with Gasteiger partial charge in [0.25, 0.3) is 0 Å². The second-order valence-corrected chi connectivity index (χ2v) is 5.31. The SMILES string of the molecule is C=C(C)CCC(=C)Cc1ccc(C)c(C(=C)C)c1. The third-order valence-corrected chi connectivity index (χ3v) is 3.12. The van der Waals surface area contributed by atoms with Gasteiger partial charge >= 0.3 is 0 Å². The zero-order valence-corrected chi connectivity index (χ0v) is 12.0. The van der Waals surface area contributed by atoms with Gasteiger partial charge in [-0.15, -0.1) is 6.58 Å². The second-order valence-electron chi connectivity index (χ2n) is 5.31. The van der Waals surface area contributed by atoms with E-state index >= 15 is 0 Å². The van der Waals surface area contributed by atoms with Crippen LogP contribution in [0.2, 0.25) is 0 Å². The monoisotopic (exact) mass is 240 g/mol. The minimum absolute atomic E-state index is 0.952. The van der Waals surface area contributed by atoms with E-state index in [9.17, 15) is 0 Å². The van der Waals surface area contributed by atoms with E-state index in [1.54, 1.807) is 0 Å². The van der Waals surface area contributed by atoms with Gasteiger partial charge in [0.2, 0.25) is 0 Å². The Morgan fingerprint density at radius 3 is 2.28 bits per heavy atom. The van der Waals surface area contributed by atoms with E-state index in [2.05, 4.69) is 58.7 Å². The van der Waals surface area contributed by atoms with Gasteiger partial charge in [-0.2, -0.15) is 0 Å². The molecule has 96 valence electrons. The third kappa shape index (κ3) is 4.37. The Kier molecular flexibility index (Phi) is 5.15. The second kappa shape index (κ2) is 6.39. The zero-order chi connectivity index (χ0) is 13.7. The molecule has 0 amide bonds. The van der Waals surface area contributed by atoms with Gasteiger partial charge < -0.3 is 0 Å². The van der Waals surface area contributed by atoms with Crippen LogP contribution in [-0.4, -0.2) is 0 Å². The highest BCUT2D eigenvalue weighted by atomic mass is 14.1. The van der Waals surface area contributed by atoms with Crippen molar-refractivity contribution in [3.63, 3.8) is 0 Å². The van der Waals surface area contributed by atoms with Crippen molar-refractivity contribution in [3.8, 4) is 0 Å². The molecule has 0 heterocycles. The van der Waals surface area contributed by atoms with Crippen molar-refractivity contribution in [1.29, 1.82) is 0 Å². The molecule has 0 saturated heterocycles. The lowest BCUT2D eigenvalue weighted by Crippen LogP contribution is -1.93. The van der Waals surface area contributed by atoms with Crippen molar-refractivity contribution < 1.29 is 0 Å². The van der Waals surface area contributed by atoms with Crippen molar-refractivity contribution in [1.82, 2.24) is 0 Å². The molecular weight excluding hydrogens is 216 g/mol. The summed E-state index contributed by atoms with van der Waals surface area (Å²) in [5, 5.41) is 0. The van der Waals surface area contributed by atoms with Gasteiger partial charge in [-0.25, -0.2) is 0 Å². The molecule has 0 unspecified atom stereocenters. The Labute approximate surface area is 112 Å². The van der Waals surface area contributed by atoms with Crippen molar-refractivity contribution in [3.05, 3.63) is 65.8 Å². The summed E-state index contributed by atoms with van der Waals surface area (Å²) in [5.41, 5.74) is 7.50. The lowest BCUT2D eigenvalue weighted by molar-refractivity contribution is 0.894. The largest absolute Gasteiger partial charge is 0.100 e. The van der Waals surface area contributed by atoms with Gasteiger partial charge in [-0.1, -0.05) is 48.1 Å². The van der Waals surface area contributed by atoms with Crippen LogP contribution in [0, 0.1) is 6.92 Å². The summed E-state index contributed by atoms with van der Waals surface area (Å²) < 4.78 is 0. The Morgan fingerprint density at radius 2 is 1.72 bits per heavy atom. The standard InChI is InChI=1S/C18H24/c1-13(2)7-8-15(5)11-17-10-9-16(6)18(12-17)14(3)4/h9-10,12H,1,3,5,7-8,11H2,2,4,6H3. The van der Waals surface area contributed by atoms with E-state index < -0.39 is 0 Å². The predicted octanol–water partition coefficient (Wildman–Crippen LogP) is 5.48. The minimum atomic E-state index is 0.952. The summed E-state index contributed by atoms with van der Waals surface area (Å²) in [6.45, 7) is 18.4. The van der Waals surface area contributed by atoms with E-state index in [-0.39, 0.29) is 0 Å². The topological polar surface area (TPSA) is 0 Å². The molecule has 18 heavy (non-hydrogen) atoms. The van der Waals surface area contributed by atoms with E-state index in [0.717, 1.165) is 24.8 Å². The molecule has 0 fully saturated rings. The zero-order valence-electron chi connectivity index (χ0n) is 12.0. The Balaban J connectivity index is 2.73. The van der Waals surface area contributed by atoms with Gasteiger partial charge in [-0.3, -0.25) is 0 Å². The molecule has 0 aliphatic heterocycles. The van der Waals surface area contributed by atoms with Crippen LogP contribution in [-0.2, 0) is 6.42 Å². The molecule has 1 aromatic carbocycles. The number of rotatable bonds is 6. The van der Waals surface area contributed by atoms with Crippen LogP contribution in [0.3, 0.4) is 0 Å². The molecule has 0 aromatic heterocycles. The van der Waals surface area contributed by atoms with Gasteiger partial charge in [0.1, 0.15) is 0 Å². The minimum Gasteiger partial charge on any atom is -0.100 e. The highest BCUT2D eigenvalue weighted by Gasteiger charge is 2.03. The third-order valence-electron chi connectivity index (χ3n) is 3.12. The van der Waals surface area contributed by atoms with Crippen LogP contribution in [0.25, 0.3) is 5.57 Å². The quantitative estimate of drug-likeness (QED) is 0.577. The number of hydrogen-bond acceptors (Lipinski definition) is 0. The van der Waals surface area contributed by atoms with Gasteiger partial charge in [0, 0.05) is 0 Å². The summed E-state index contributed by atoms with van der Waals surface area (Å²) >= 11 is 0. The summed E-state index contributed by atoms with van der Waals surface area (Å²) in [5.74, 6) is 0. The van der Waals surface area contributed by atoms with Crippen LogP contribution < -0.4 is 0 Å². The molecule has 0 aliphatic carbocycles.